The molecule has 1 amide bonds. The zero-order chi connectivity index (χ0) is 12.0. The van der Waals surface area contributed by atoms with Crippen LogP contribution in [0.4, 0.5) is 4.79 Å². The highest BCUT2D eigenvalue weighted by Gasteiger charge is 2.28. The zero-order valence-electron chi connectivity index (χ0n) is 9.12. The molecule has 1 saturated heterocycles. The molecule has 0 unspecified atom stereocenters. The fourth-order valence-corrected chi connectivity index (χ4v) is 1.91. The van der Waals surface area contributed by atoms with E-state index < -0.39 is 17.1 Å². The van der Waals surface area contributed by atoms with Gasteiger partial charge in [-0.2, -0.15) is 0 Å². The van der Waals surface area contributed by atoms with Crippen LogP contribution in [-0.2, 0) is 9.47 Å². The number of rotatable bonds is 4. The van der Waals surface area contributed by atoms with Gasteiger partial charge in [0.2, 0.25) is 0 Å². The molecule has 1 N–H and O–H groups in total. The van der Waals surface area contributed by atoms with Crippen LogP contribution in [0, 0.1) is 0 Å². The lowest BCUT2D eigenvalue weighted by molar-refractivity contribution is 0.0114. The van der Waals surface area contributed by atoms with Gasteiger partial charge in [0.25, 0.3) is 0 Å². The van der Waals surface area contributed by atoms with E-state index in [0.29, 0.717) is 32.9 Å². The number of nitrogens with one attached hydrogen (secondary N) is 1. The van der Waals surface area contributed by atoms with Crippen LogP contribution in [0.2, 0.25) is 0 Å². The number of hydrogen-bond donors (Lipinski definition) is 1. The molecule has 1 heterocycles. The van der Waals surface area contributed by atoms with Gasteiger partial charge in [-0.05, 0) is 6.92 Å². The Bertz CT molecular complexity index is 223. The Kier molecular flexibility index (Phi) is 6.20. The first kappa shape index (κ1) is 13.8. The maximum atomic E-state index is 11.3. The van der Waals surface area contributed by atoms with Crippen molar-refractivity contribution in [2.75, 3.05) is 32.9 Å². The van der Waals surface area contributed by atoms with Gasteiger partial charge >= 0.3 is 6.09 Å². The van der Waals surface area contributed by atoms with E-state index >= 15 is 0 Å². The Hall–Kier alpha value is -0.230. The van der Waals surface area contributed by atoms with E-state index in [-0.39, 0.29) is 0 Å². The Morgan fingerprint density at radius 3 is 2.62 bits per heavy atom. The maximum absolute atomic E-state index is 11.3. The monoisotopic (exact) mass is 270 g/mol. The third kappa shape index (κ3) is 4.33. The minimum absolute atomic E-state index is 0.316. The Balaban J connectivity index is 2.48. The molecule has 0 radical (unpaired) electrons. The van der Waals surface area contributed by atoms with Crippen molar-refractivity contribution < 1.29 is 14.3 Å². The summed E-state index contributed by atoms with van der Waals surface area (Å²) in [5.41, 5.74) is 0. The number of hydrogen-bond acceptors (Lipinski definition) is 4. The molecule has 1 fully saturated rings. The van der Waals surface area contributed by atoms with Gasteiger partial charge in [0.1, 0.15) is 11.0 Å². The van der Waals surface area contributed by atoms with Crippen LogP contribution in [0.3, 0.4) is 0 Å². The van der Waals surface area contributed by atoms with Crippen molar-refractivity contribution in [3.63, 3.8) is 0 Å². The summed E-state index contributed by atoms with van der Waals surface area (Å²) in [5.74, 6) is 0. The average Bonchev–Trinajstić information content (AvgIpc) is 2.27. The zero-order valence-corrected chi connectivity index (χ0v) is 10.6. The van der Waals surface area contributed by atoms with Crippen LogP contribution in [0.1, 0.15) is 6.92 Å². The molecule has 1 rings (SSSR count). The largest absolute Gasteiger partial charge is 0.450 e. The summed E-state index contributed by atoms with van der Waals surface area (Å²) in [7, 11) is 0. The number of nitrogens with zero attached hydrogens (tertiary/aromatic N) is 1. The summed E-state index contributed by atoms with van der Waals surface area (Å²) in [6, 6.07) is 0. The van der Waals surface area contributed by atoms with Crippen LogP contribution in [0.5, 0.6) is 0 Å². The van der Waals surface area contributed by atoms with Crippen molar-refractivity contribution in [3.8, 4) is 0 Å². The van der Waals surface area contributed by atoms with Crippen LogP contribution in [-0.4, -0.2) is 54.9 Å². The molecule has 0 bridgehead atoms. The second kappa shape index (κ2) is 7.17. The number of carbonyl (C=O) groups is 1. The summed E-state index contributed by atoms with van der Waals surface area (Å²) in [6.45, 7) is 4.65. The number of amides is 1. The molecule has 0 spiro atoms. The number of ether oxygens (including phenoxy) is 2. The SMILES string of the molecule is CCOC(=O)N[C@@H](C(Cl)Cl)N1CCOCC1. The fraction of sp³-hybridized carbons (Fsp3) is 0.889. The Labute approximate surface area is 105 Å². The topological polar surface area (TPSA) is 50.8 Å². The molecule has 0 aromatic rings. The van der Waals surface area contributed by atoms with Gasteiger partial charge in [-0.15, -0.1) is 23.2 Å². The third-order valence-corrected chi connectivity index (χ3v) is 2.70. The molecular formula is C9H16Cl2N2O3. The molecule has 0 aliphatic carbocycles. The van der Waals surface area contributed by atoms with Crippen molar-refractivity contribution in [1.29, 1.82) is 0 Å². The normalized spacial score (nSPS) is 19.5. The first-order valence-electron chi connectivity index (χ1n) is 5.18. The highest BCUT2D eigenvalue weighted by atomic mass is 35.5. The summed E-state index contributed by atoms with van der Waals surface area (Å²) >= 11 is 11.7. The van der Waals surface area contributed by atoms with Gasteiger partial charge in [-0.25, -0.2) is 4.79 Å². The maximum Gasteiger partial charge on any atom is 0.408 e. The molecule has 1 aliphatic rings. The molecule has 94 valence electrons. The second-order valence-electron chi connectivity index (χ2n) is 3.29. The van der Waals surface area contributed by atoms with Crippen molar-refractivity contribution in [2.45, 2.75) is 17.9 Å². The van der Waals surface area contributed by atoms with E-state index in [9.17, 15) is 4.79 Å². The van der Waals surface area contributed by atoms with E-state index in [4.69, 9.17) is 32.7 Å². The molecule has 7 heteroatoms. The van der Waals surface area contributed by atoms with E-state index in [1.165, 1.54) is 0 Å². The fourth-order valence-electron chi connectivity index (χ4n) is 1.46. The lowest BCUT2D eigenvalue weighted by Crippen LogP contribution is -2.55. The lowest BCUT2D eigenvalue weighted by Gasteiger charge is -2.35. The van der Waals surface area contributed by atoms with Crippen LogP contribution < -0.4 is 5.32 Å². The first-order valence-corrected chi connectivity index (χ1v) is 6.05. The molecule has 0 aromatic heterocycles. The number of alkyl carbamates (subject to hydrolysis) is 1. The second-order valence-corrected chi connectivity index (χ2v) is 4.46. The summed E-state index contributed by atoms with van der Waals surface area (Å²) in [6.07, 6.45) is -0.948. The molecule has 16 heavy (non-hydrogen) atoms. The number of halogens is 2. The third-order valence-electron chi connectivity index (χ3n) is 2.22. The summed E-state index contributed by atoms with van der Waals surface area (Å²) in [4.78, 5) is 12.5. The molecule has 1 aliphatic heterocycles. The minimum atomic E-state index is -0.706. The van der Waals surface area contributed by atoms with Crippen LogP contribution in [0.15, 0.2) is 0 Å². The molecule has 5 nitrogen and oxygen atoms in total. The molecule has 1 atom stereocenters. The van der Waals surface area contributed by atoms with Crippen molar-refractivity contribution in [1.82, 2.24) is 10.2 Å². The Morgan fingerprint density at radius 1 is 1.50 bits per heavy atom. The van der Waals surface area contributed by atoms with Gasteiger partial charge in [-0.1, -0.05) is 0 Å². The average molecular weight is 271 g/mol. The summed E-state index contributed by atoms with van der Waals surface area (Å²) < 4.78 is 10.00. The van der Waals surface area contributed by atoms with E-state index in [1.54, 1.807) is 6.92 Å². The number of alkyl halides is 2. The summed E-state index contributed by atoms with van der Waals surface area (Å²) in [5, 5.41) is 2.63. The van der Waals surface area contributed by atoms with E-state index in [0.717, 1.165) is 0 Å². The highest BCUT2D eigenvalue weighted by molar-refractivity contribution is 6.44. The lowest BCUT2D eigenvalue weighted by atomic mass is 10.3. The molecule has 0 aromatic carbocycles. The number of carbonyl (C=O) groups excluding carboxylic acids is 1. The van der Waals surface area contributed by atoms with Crippen molar-refractivity contribution in [3.05, 3.63) is 0 Å². The van der Waals surface area contributed by atoms with E-state index in [2.05, 4.69) is 5.32 Å². The van der Waals surface area contributed by atoms with Crippen LogP contribution in [0.25, 0.3) is 0 Å². The molecule has 0 saturated carbocycles. The first-order chi connectivity index (χ1) is 7.65. The standard InChI is InChI=1S/C9H16Cl2N2O3/c1-2-16-9(14)12-8(7(10)11)13-3-5-15-6-4-13/h7-8H,2-6H2,1H3,(H,12,14)/t8-/m1/s1. The quantitative estimate of drug-likeness (QED) is 0.780. The predicted molar refractivity (Wildman–Crippen MR) is 61.8 cm³/mol. The van der Waals surface area contributed by atoms with Gasteiger partial charge < -0.3 is 14.8 Å². The molecular weight excluding hydrogens is 255 g/mol. The van der Waals surface area contributed by atoms with Crippen molar-refractivity contribution >= 4 is 29.3 Å². The van der Waals surface area contributed by atoms with Gasteiger partial charge in [-0.3, -0.25) is 4.90 Å². The minimum Gasteiger partial charge on any atom is -0.450 e. The van der Waals surface area contributed by atoms with Crippen molar-refractivity contribution in [2.24, 2.45) is 0 Å². The van der Waals surface area contributed by atoms with E-state index in [1.807, 2.05) is 4.90 Å². The number of morpholine rings is 1. The Morgan fingerprint density at radius 2 is 2.12 bits per heavy atom. The van der Waals surface area contributed by atoms with Crippen LogP contribution >= 0.6 is 23.2 Å². The van der Waals surface area contributed by atoms with Gasteiger partial charge in [0.15, 0.2) is 0 Å². The van der Waals surface area contributed by atoms with Gasteiger partial charge in [0, 0.05) is 13.1 Å². The van der Waals surface area contributed by atoms with Gasteiger partial charge in [0.05, 0.1) is 19.8 Å². The predicted octanol–water partition coefficient (Wildman–Crippen LogP) is 1.19. The highest BCUT2D eigenvalue weighted by Crippen LogP contribution is 2.14. The smallest absolute Gasteiger partial charge is 0.408 e.